The summed E-state index contributed by atoms with van der Waals surface area (Å²) in [4.78, 5) is 23.4. The van der Waals surface area contributed by atoms with Crippen molar-refractivity contribution in [2.45, 2.75) is 27.5 Å². The van der Waals surface area contributed by atoms with Crippen LogP contribution in [0.4, 0.5) is 0 Å². The SMILES string of the molecule is O=C(O)CCC(=O)O.c1ccc([S+](c2ccccc2)c2ccccc2)cc1. The average Bonchev–Trinajstić information content (AvgIpc) is 2.70. The molecule has 3 aromatic rings. The van der Waals surface area contributed by atoms with Crippen molar-refractivity contribution in [2.24, 2.45) is 0 Å². The summed E-state index contributed by atoms with van der Waals surface area (Å²) in [5.74, 6) is -2.15. The summed E-state index contributed by atoms with van der Waals surface area (Å²) in [6, 6.07) is 32.2. The lowest BCUT2D eigenvalue weighted by Crippen LogP contribution is -2.04. The van der Waals surface area contributed by atoms with Crippen LogP contribution in [0.25, 0.3) is 0 Å². The highest BCUT2D eigenvalue weighted by Crippen LogP contribution is 2.30. The lowest BCUT2D eigenvalue weighted by Gasteiger charge is -2.07. The standard InChI is InChI=1S/C18H15S.C4H6O4/c1-4-10-16(11-5-1)19(17-12-6-2-7-13-17)18-14-8-3-9-15-18;5-3(6)1-2-4(7)8/h1-15H;1-2H2,(H,5,6)(H,7,8)/q+1;. The first-order chi connectivity index (χ1) is 13.1. The summed E-state index contributed by atoms with van der Waals surface area (Å²) >= 11 is 0. The van der Waals surface area contributed by atoms with E-state index in [-0.39, 0.29) is 23.7 Å². The van der Waals surface area contributed by atoms with Crippen LogP contribution in [0, 0.1) is 0 Å². The van der Waals surface area contributed by atoms with Gasteiger partial charge in [0.15, 0.2) is 14.7 Å². The van der Waals surface area contributed by atoms with Gasteiger partial charge in [0.1, 0.15) is 0 Å². The molecule has 0 bridgehead atoms. The van der Waals surface area contributed by atoms with Crippen LogP contribution in [0.3, 0.4) is 0 Å². The van der Waals surface area contributed by atoms with E-state index in [0.717, 1.165) is 0 Å². The highest BCUT2D eigenvalue weighted by atomic mass is 32.2. The molecule has 3 aromatic carbocycles. The first-order valence-corrected chi connectivity index (χ1v) is 9.63. The van der Waals surface area contributed by atoms with Gasteiger partial charge in [-0.15, -0.1) is 0 Å². The number of rotatable bonds is 6. The van der Waals surface area contributed by atoms with Crippen LogP contribution in [-0.4, -0.2) is 22.2 Å². The predicted octanol–water partition coefficient (Wildman–Crippen LogP) is 4.72. The van der Waals surface area contributed by atoms with Crippen LogP contribution in [0.2, 0.25) is 0 Å². The van der Waals surface area contributed by atoms with Gasteiger partial charge in [0.2, 0.25) is 0 Å². The number of benzene rings is 3. The molecule has 0 aliphatic carbocycles. The number of hydrogen-bond acceptors (Lipinski definition) is 2. The van der Waals surface area contributed by atoms with Gasteiger partial charge >= 0.3 is 11.9 Å². The van der Waals surface area contributed by atoms with E-state index in [1.54, 1.807) is 0 Å². The Morgan fingerprint density at radius 1 is 0.556 bits per heavy atom. The van der Waals surface area contributed by atoms with Crippen molar-refractivity contribution in [2.75, 3.05) is 0 Å². The van der Waals surface area contributed by atoms with Crippen LogP contribution in [0.1, 0.15) is 12.8 Å². The zero-order valence-corrected chi connectivity index (χ0v) is 15.5. The van der Waals surface area contributed by atoms with E-state index in [4.69, 9.17) is 10.2 Å². The van der Waals surface area contributed by atoms with Crippen LogP contribution in [0.5, 0.6) is 0 Å². The molecule has 0 saturated heterocycles. The van der Waals surface area contributed by atoms with E-state index in [9.17, 15) is 9.59 Å². The van der Waals surface area contributed by atoms with Gasteiger partial charge in [0, 0.05) is 0 Å². The second-order valence-electron chi connectivity index (χ2n) is 5.53. The highest BCUT2D eigenvalue weighted by molar-refractivity contribution is 7.97. The van der Waals surface area contributed by atoms with E-state index >= 15 is 0 Å². The summed E-state index contributed by atoms with van der Waals surface area (Å²) in [5.41, 5.74) is 0. The Labute approximate surface area is 161 Å². The molecule has 0 amide bonds. The largest absolute Gasteiger partial charge is 0.481 e. The van der Waals surface area contributed by atoms with E-state index < -0.39 is 11.9 Å². The number of carboxylic acid groups (broad SMARTS) is 2. The normalized spacial score (nSPS) is 9.96. The third kappa shape index (κ3) is 6.99. The first kappa shape index (κ1) is 20.3. The zero-order valence-electron chi connectivity index (χ0n) is 14.7. The van der Waals surface area contributed by atoms with Crippen molar-refractivity contribution in [3.8, 4) is 0 Å². The number of aliphatic carboxylic acids is 2. The minimum Gasteiger partial charge on any atom is -0.481 e. The molecule has 3 rings (SSSR count). The molecule has 0 atom stereocenters. The smallest absolute Gasteiger partial charge is 0.303 e. The Morgan fingerprint density at radius 2 is 0.815 bits per heavy atom. The molecule has 0 spiro atoms. The van der Waals surface area contributed by atoms with Gasteiger partial charge in [0.25, 0.3) is 0 Å². The molecular formula is C22H21O4S+. The maximum absolute atomic E-state index is 9.64. The Bertz CT molecular complexity index is 728. The summed E-state index contributed by atoms with van der Waals surface area (Å²) in [7, 11) is -0.0146. The molecule has 27 heavy (non-hydrogen) atoms. The monoisotopic (exact) mass is 381 g/mol. The van der Waals surface area contributed by atoms with Crippen LogP contribution in [-0.2, 0) is 20.5 Å². The Kier molecular flexibility index (Phi) is 8.13. The molecule has 0 fully saturated rings. The molecular weight excluding hydrogens is 360 g/mol. The van der Waals surface area contributed by atoms with Gasteiger partial charge in [-0.25, -0.2) is 0 Å². The van der Waals surface area contributed by atoms with Crippen LogP contribution < -0.4 is 0 Å². The molecule has 2 N–H and O–H groups in total. The summed E-state index contributed by atoms with van der Waals surface area (Å²) < 4.78 is 0. The van der Waals surface area contributed by atoms with Gasteiger partial charge in [-0.1, -0.05) is 54.6 Å². The Hall–Kier alpha value is -3.05. The van der Waals surface area contributed by atoms with Gasteiger partial charge in [-0.05, 0) is 36.4 Å². The average molecular weight is 381 g/mol. The van der Waals surface area contributed by atoms with Crippen molar-refractivity contribution in [1.29, 1.82) is 0 Å². The maximum atomic E-state index is 9.64. The first-order valence-electron chi connectivity index (χ1n) is 8.41. The molecule has 5 heteroatoms. The second kappa shape index (κ2) is 10.8. The van der Waals surface area contributed by atoms with Crippen molar-refractivity contribution in [3.05, 3.63) is 91.0 Å². The highest BCUT2D eigenvalue weighted by Gasteiger charge is 2.27. The summed E-state index contributed by atoms with van der Waals surface area (Å²) in [6.07, 6.45) is -0.593. The summed E-state index contributed by atoms with van der Waals surface area (Å²) in [6.45, 7) is 0. The number of hydrogen-bond donors (Lipinski definition) is 2. The Balaban J connectivity index is 0.000000279. The fourth-order valence-corrected chi connectivity index (χ4v) is 4.40. The van der Waals surface area contributed by atoms with Gasteiger partial charge in [0.05, 0.1) is 23.7 Å². The lowest BCUT2D eigenvalue weighted by molar-refractivity contribution is -0.143. The van der Waals surface area contributed by atoms with Crippen molar-refractivity contribution in [3.63, 3.8) is 0 Å². The molecule has 0 radical (unpaired) electrons. The van der Waals surface area contributed by atoms with Gasteiger partial charge in [-0.3, -0.25) is 9.59 Å². The minimum atomic E-state index is -1.08. The van der Waals surface area contributed by atoms with E-state index in [1.165, 1.54) is 14.7 Å². The Morgan fingerprint density at radius 3 is 1.04 bits per heavy atom. The molecule has 0 aromatic heterocycles. The second-order valence-corrected chi connectivity index (χ2v) is 7.56. The third-order valence-electron chi connectivity index (χ3n) is 3.49. The zero-order chi connectivity index (χ0) is 19.5. The number of carbonyl (C=O) groups is 2. The van der Waals surface area contributed by atoms with Gasteiger partial charge in [-0.2, -0.15) is 0 Å². The number of carboxylic acids is 2. The topological polar surface area (TPSA) is 74.6 Å². The predicted molar refractivity (Wildman–Crippen MR) is 106 cm³/mol. The van der Waals surface area contributed by atoms with Gasteiger partial charge < -0.3 is 10.2 Å². The van der Waals surface area contributed by atoms with E-state index in [0.29, 0.717) is 0 Å². The summed E-state index contributed by atoms with van der Waals surface area (Å²) in [5, 5.41) is 15.8. The fraction of sp³-hybridized carbons (Fsp3) is 0.0909. The maximum Gasteiger partial charge on any atom is 0.303 e. The molecule has 138 valence electrons. The third-order valence-corrected chi connectivity index (χ3v) is 5.72. The fourth-order valence-electron chi connectivity index (χ4n) is 2.29. The molecule has 0 unspecified atom stereocenters. The van der Waals surface area contributed by atoms with Crippen LogP contribution in [0.15, 0.2) is 106 Å². The minimum absolute atomic E-state index is 0.0146. The molecule has 0 saturated carbocycles. The van der Waals surface area contributed by atoms with E-state index in [1.807, 2.05) is 0 Å². The van der Waals surface area contributed by atoms with Crippen molar-refractivity contribution >= 4 is 22.8 Å². The molecule has 0 aliphatic rings. The van der Waals surface area contributed by atoms with Crippen molar-refractivity contribution < 1.29 is 19.8 Å². The van der Waals surface area contributed by atoms with Crippen LogP contribution >= 0.6 is 0 Å². The quantitative estimate of drug-likeness (QED) is 0.606. The molecule has 0 aliphatic heterocycles. The molecule has 0 heterocycles. The van der Waals surface area contributed by atoms with Crippen molar-refractivity contribution in [1.82, 2.24) is 0 Å². The molecule has 4 nitrogen and oxygen atoms in total. The lowest BCUT2D eigenvalue weighted by atomic mass is 10.3. The van der Waals surface area contributed by atoms with E-state index in [2.05, 4.69) is 91.0 Å².